The second-order valence-corrected chi connectivity index (χ2v) is 7.01. The van der Waals surface area contributed by atoms with Gasteiger partial charge in [0.05, 0.1) is 16.3 Å². The van der Waals surface area contributed by atoms with Gasteiger partial charge >= 0.3 is 0 Å². The summed E-state index contributed by atoms with van der Waals surface area (Å²) in [4.78, 5) is 4.61. The SMILES string of the molecule is CC(C)C(C)(O)Cc1nc(C(C)(C)C)cs1. The van der Waals surface area contributed by atoms with Gasteiger partial charge in [-0.25, -0.2) is 4.98 Å². The first-order valence-electron chi connectivity index (χ1n) is 5.80. The smallest absolute Gasteiger partial charge is 0.0957 e. The fourth-order valence-electron chi connectivity index (χ4n) is 1.25. The van der Waals surface area contributed by atoms with Crippen LogP contribution in [0.15, 0.2) is 5.38 Å². The van der Waals surface area contributed by atoms with Crippen LogP contribution in [-0.4, -0.2) is 15.7 Å². The first-order chi connectivity index (χ1) is 7.13. The molecule has 0 spiro atoms. The Morgan fingerprint density at radius 2 is 1.88 bits per heavy atom. The highest BCUT2D eigenvalue weighted by Crippen LogP contribution is 2.27. The fourth-order valence-corrected chi connectivity index (χ4v) is 2.43. The molecule has 0 aliphatic rings. The average Bonchev–Trinajstić information content (AvgIpc) is 2.50. The number of hydrogen-bond donors (Lipinski definition) is 1. The van der Waals surface area contributed by atoms with Gasteiger partial charge in [0, 0.05) is 17.2 Å². The summed E-state index contributed by atoms with van der Waals surface area (Å²) in [5.74, 6) is 0.245. The monoisotopic (exact) mass is 241 g/mol. The molecule has 0 aliphatic carbocycles. The summed E-state index contributed by atoms with van der Waals surface area (Å²) in [6.07, 6.45) is 0.644. The Bertz CT molecular complexity index is 347. The Hall–Kier alpha value is -0.410. The molecule has 1 aromatic rings. The lowest BCUT2D eigenvalue weighted by Gasteiger charge is -2.26. The minimum absolute atomic E-state index is 0.0957. The highest BCUT2D eigenvalue weighted by Gasteiger charge is 2.27. The highest BCUT2D eigenvalue weighted by molar-refractivity contribution is 7.09. The van der Waals surface area contributed by atoms with Gasteiger partial charge in [0.15, 0.2) is 0 Å². The van der Waals surface area contributed by atoms with Gasteiger partial charge < -0.3 is 5.11 Å². The maximum Gasteiger partial charge on any atom is 0.0957 e. The van der Waals surface area contributed by atoms with Crippen molar-refractivity contribution in [3.8, 4) is 0 Å². The van der Waals surface area contributed by atoms with Crippen LogP contribution in [0.2, 0.25) is 0 Å². The zero-order chi connectivity index (χ0) is 12.6. The van der Waals surface area contributed by atoms with Crippen LogP contribution in [0.25, 0.3) is 0 Å². The van der Waals surface area contributed by atoms with Crippen LogP contribution < -0.4 is 0 Å². The molecule has 2 nitrogen and oxygen atoms in total. The summed E-state index contributed by atoms with van der Waals surface area (Å²) < 4.78 is 0. The summed E-state index contributed by atoms with van der Waals surface area (Å²) in [7, 11) is 0. The maximum atomic E-state index is 10.2. The molecule has 1 atom stereocenters. The maximum absolute atomic E-state index is 10.2. The van der Waals surface area contributed by atoms with Crippen molar-refractivity contribution in [3.05, 3.63) is 16.1 Å². The van der Waals surface area contributed by atoms with Crippen LogP contribution in [-0.2, 0) is 11.8 Å². The van der Waals surface area contributed by atoms with Crippen LogP contribution >= 0.6 is 11.3 Å². The van der Waals surface area contributed by atoms with Crippen LogP contribution in [0.4, 0.5) is 0 Å². The summed E-state index contributed by atoms with van der Waals surface area (Å²) in [5, 5.41) is 13.4. The Kier molecular flexibility index (Phi) is 3.80. The van der Waals surface area contributed by atoms with Crippen molar-refractivity contribution >= 4 is 11.3 Å². The van der Waals surface area contributed by atoms with E-state index in [2.05, 4.69) is 31.1 Å². The average molecular weight is 241 g/mol. The first-order valence-corrected chi connectivity index (χ1v) is 6.68. The Balaban J connectivity index is 2.81. The van der Waals surface area contributed by atoms with E-state index in [-0.39, 0.29) is 11.3 Å². The Morgan fingerprint density at radius 1 is 1.31 bits per heavy atom. The lowest BCUT2D eigenvalue weighted by atomic mass is 9.89. The van der Waals surface area contributed by atoms with E-state index in [1.54, 1.807) is 11.3 Å². The molecule has 1 heterocycles. The minimum atomic E-state index is -0.660. The molecule has 0 fully saturated rings. The third kappa shape index (κ3) is 3.29. The van der Waals surface area contributed by atoms with Crippen LogP contribution in [0, 0.1) is 5.92 Å². The zero-order valence-corrected chi connectivity index (χ0v) is 12.0. The number of hydrogen-bond acceptors (Lipinski definition) is 3. The predicted octanol–water partition coefficient (Wildman–Crippen LogP) is 3.39. The van der Waals surface area contributed by atoms with E-state index >= 15 is 0 Å². The van der Waals surface area contributed by atoms with Crippen molar-refractivity contribution in [2.24, 2.45) is 5.92 Å². The molecule has 0 radical (unpaired) electrons. The van der Waals surface area contributed by atoms with Crippen molar-refractivity contribution < 1.29 is 5.11 Å². The molecule has 0 saturated heterocycles. The molecular formula is C13H23NOS. The van der Waals surface area contributed by atoms with Gasteiger partial charge in [-0.05, 0) is 12.8 Å². The lowest BCUT2D eigenvalue weighted by molar-refractivity contribution is 0.0139. The van der Waals surface area contributed by atoms with Crippen molar-refractivity contribution in [1.82, 2.24) is 4.98 Å². The van der Waals surface area contributed by atoms with E-state index in [0.717, 1.165) is 10.7 Å². The van der Waals surface area contributed by atoms with Gasteiger partial charge in [0.1, 0.15) is 0 Å². The summed E-state index contributed by atoms with van der Waals surface area (Å²) in [5.41, 5.74) is 0.554. The molecule has 0 aromatic carbocycles. The molecule has 1 unspecified atom stereocenters. The molecule has 0 saturated carbocycles. The number of nitrogens with zero attached hydrogens (tertiary/aromatic N) is 1. The summed E-state index contributed by atoms with van der Waals surface area (Å²) >= 11 is 1.65. The minimum Gasteiger partial charge on any atom is -0.389 e. The van der Waals surface area contributed by atoms with E-state index in [1.165, 1.54) is 0 Å². The molecule has 16 heavy (non-hydrogen) atoms. The van der Waals surface area contributed by atoms with Gasteiger partial charge in [-0.3, -0.25) is 0 Å². The van der Waals surface area contributed by atoms with E-state index in [0.29, 0.717) is 6.42 Å². The molecule has 0 aliphatic heterocycles. The molecular weight excluding hydrogens is 218 g/mol. The van der Waals surface area contributed by atoms with Crippen LogP contribution in [0.3, 0.4) is 0 Å². The van der Waals surface area contributed by atoms with Crippen LogP contribution in [0.1, 0.15) is 52.2 Å². The van der Waals surface area contributed by atoms with Gasteiger partial charge in [0.25, 0.3) is 0 Å². The molecule has 1 N–H and O–H groups in total. The van der Waals surface area contributed by atoms with Crippen molar-refractivity contribution in [2.45, 2.75) is 59.0 Å². The standard InChI is InChI=1S/C13H23NOS/c1-9(2)13(6,15)7-11-14-10(8-16-11)12(3,4)5/h8-9,15H,7H2,1-6H3. The summed E-state index contributed by atoms with van der Waals surface area (Å²) in [6.45, 7) is 12.4. The molecule has 92 valence electrons. The second-order valence-electron chi connectivity index (χ2n) is 6.07. The zero-order valence-electron chi connectivity index (χ0n) is 11.2. The Labute approximate surface area is 103 Å². The van der Waals surface area contributed by atoms with Gasteiger partial charge in [-0.1, -0.05) is 34.6 Å². The largest absolute Gasteiger partial charge is 0.389 e. The molecule has 0 bridgehead atoms. The van der Waals surface area contributed by atoms with Crippen molar-refractivity contribution in [1.29, 1.82) is 0 Å². The van der Waals surface area contributed by atoms with Gasteiger partial charge in [-0.2, -0.15) is 0 Å². The molecule has 1 rings (SSSR count). The summed E-state index contributed by atoms with van der Waals surface area (Å²) in [6, 6.07) is 0. The molecule has 3 heteroatoms. The first kappa shape index (κ1) is 13.7. The van der Waals surface area contributed by atoms with Crippen molar-refractivity contribution in [3.63, 3.8) is 0 Å². The van der Waals surface area contributed by atoms with E-state index in [4.69, 9.17) is 0 Å². The van der Waals surface area contributed by atoms with E-state index in [1.807, 2.05) is 20.8 Å². The highest BCUT2D eigenvalue weighted by atomic mass is 32.1. The molecule has 0 amide bonds. The third-order valence-electron chi connectivity index (χ3n) is 3.07. The second kappa shape index (κ2) is 4.46. The van der Waals surface area contributed by atoms with E-state index < -0.39 is 5.60 Å². The van der Waals surface area contributed by atoms with Crippen LogP contribution in [0.5, 0.6) is 0 Å². The lowest BCUT2D eigenvalue weighted by Crippen LogP contribution is -2.33. The van der Waals surface area contributed by atoms with Crippen molar-refractivity contribution in [2.75, 3.05) is 0 Å². The predicted molar refractivity (Wildman–Crippen MR) is 70.0 cm³/mol. The number of rotatable bonds is 3. The molecule has 1 aromatic heterocycles. The fraction of sp³-hybridized carbons (Fsp3) is 0.769. The number of thiazole rings is 1. The van der Waals surface area contributed by atoms with E-state index in [9.17, 15) is 5.11 Å². The number of aliphatic hydroxyl groups is 1. The topological polar surface area (TPSA) is 33.1 Å². The van der Waals surface area contributed by atoms with Gasteiger partial charge in [0.2, 0.25) is 0 Å². The normalized spacial score (nSPS) is 16.5. The number of aromatic nitrogens is 1. The quantitative estimate of drug-likeness (QED) is 0.880. The Morgan fingerprint density at radius 3 is 2.25 bits per heavy atom. The third-order valence-corrected chi connectivity index (χ3v) is 3.92. The van der Waals surface area contributed by atoms with Gasteiger partial charge in [-0.15, -0.1) is 11.3 Å².